The zero-order valence-corrected chi connectivity index (χ0v) is 16.9. The molecule has 3 aliphatic heterocycles. The van der Waals surface area contributed by atoms with E-state index >= 15 is 0 Å². The third kappa shape index (κ3) is 3.16. The van der Waals surface area contributed by atoms with Crippen LogP contribution in [0.2, 0.25) is 0 Å². The summed E-state index contributed by atoms with van der Waals surface area (Å²) in [6, 6.07) is 8.12. The lowest BCUT2D eigenvalue weighted by atomic mass is 9.64. The number of hydrogen-bond donors (Lipinski definition) is 1. The van der Waals surface area contributed by atoms with Crippen LogP contribution in [0.5, 0.6) is 0 Å². The number of carbonyl (C=O) groups is 2. The number of hydrogen-bond acceptors (Lipinski definition) is 5. The number of fused-ring (bicyclic) bond motifs is 1. The van der Waals surface area contributed by atoms with E-state index in [0.717, 1.165) is 57.9 Å². The largest absolute Gasteiger partial charge is 0.379 e. The summed E-state index contributed by atoms with van der Waals surface area (Å²) in [6.45, 7) is 5.45. The SMILES string of the molecule is NC(=O)C1N(c2ccc(C3(CN4CCOCC4)CCC3)cc2)C(=O)[C@@H]2CCCN12. The van der Waals surface area contributed by atoms with Gasteiger partial charge < -0.3 is 10.5 Å². The van der Waals surface area contributed by atoms with Gasteiger partial charge in [0.05, 0.1) is 19.3 Å². The van der Waals surface area contributed by atoms with Crippen LogP contribution in [0, 0.1) is 0 Å². The number of rotatable bonds is 5. The highest BCUT2D eigenvalue weighted by Crippen LogP contribution is 2.45. The number of anilines is 1. The van der Waals surface area contributed by atoms with Crippen LogP contribution < -0.4 is 10.6 Å². The fourth-order valence-corrected chi connectivity index (χ4v) is 5.64. The molecule has 5 rings (SSSR count). The molecule has 3 saturated heterocycles. The van der Waals surface area contributed by atoms with Crippen molar-refractivity contribution in [3.63, 3.8) is 0 Å². The van der Waals surface area contributed by atoms with Gasteiger partial charge in [-0.3, -0.25) is 24.3 Å². The van der Waals surface area contributed by atoms with E-state index < -0.39 is 12.1 Å². The van der Waals surface area contributed by atoms with Crippen LogP contribution in [0.3, 0.4) is 0 Å². The molecular formula is C22H30N4O3. The summed E-state index contributed by atoms with van der Waals surface area (Å²) in [4.78, 5) is 31.2. The highest BCUT2D eigenvalue weighted by atomic mass is 16.5. The summed E-state index contributed by atoms with van der Waals surface area (Å²) in [6.07, 6.45) is 4.75. The topological polar surface area (TPSA) is 79.1 Å². The summed E-state index contributed by atoms with van der Waals surface area (Å²) in [5.41, 5.74) is 8.00. The Labute approximate surface area is 171 Å². The van der Waals surface area contributed by atoms with Gasteiger partial charge in [0, 0.05) is 37.3 Å². The van der Waals surface area contributed by atoms with Crippen molar-refractivity contribution in [1.29, 1.82) is 0 Å². The Balaban J connectivity index is 1.38. The van der Waals surface area contributed by atoms with Crippen LogP contribution in [-0.2, 0) is 19.7 Å². The first-order valence-electron chi connectivity index (χ1n) is 10.9. The Morgan fingerprint density at radius 1 is 1.10 bits per heavy atom. The van der Waals surface area contributed by atoms with Gasteiger partial charge in [-0.2, -0.15) is 0 Å². The zero-order chi connectivity index (χ0) is 20.0. The minimum absolute atomic E-state index is 0.00530. The van der Waals surface area contributed by atoms with E-state index in [-0.39, 0.29) is 17.4 Å². The average Bonchev–Trinajstić information content (AvgIpc) is 3.28. The van der Waals surface area contributed by atoms with Crippen molar-refractivity contribution < 1.29 is 14.3 Å². The fourth-order valence-electron chi connectivity index (χ4n) is 5.64. The quantitative estimate of drug-likeness (QED) is 0.803. The maximum absolute atomic E-state index is 13.0. The minimum atomic E-state index is -0.660. The standard InChI is InChI=1S/C22H30N4O3/c23-19(27)20-25-10-1-3-18(25)21(28)26(20)17-6-4-16(5-7-17)22(8-2-9-22)15-24-11-13-29-14-12-24/h4-7,18,20H,1-3,8-15H2,(H2,23,27)/t18-,20?/m0/s1. The summed E-state index contributed by atoms with van der Waals surface area (Å²) in [5, 5.41) is 0. The molecule has 29 heavy (non-hydrogen) atoms. The van der Waals surface area contributed by atoms with Crippen LogP contribution in [0.15, 0.2) is 24.3 Å². The monoisotopic (exact) mass is 398 g/mol. The maximum Gasteiger partial charge on any atom is 0.255 e. The highest BCUT2D eigenvalue weighted by Gasteiger charge is 2.51. The lowest BCUT2D eigenvalue weighted by molar-refractivity contribution is -0.122. The molecule has 2 N–H and O–H groups in total. The molecule has 1 aliphatic carbocycles. The molecule has 0 aromatic heterocycles. The Hall–Kier alpha value is -1.96. The molecule has 2 atom stereocenters. The number of nitrogens with two attached hydrogens (primary N) is 1. The maximum atomic E-state index is 13.0. The van der Waals surface area contributed by atoms with Gasteiger partial charge in [0.2, 0.25) is 5.91 Å². The second kappa shape index (κ2) is 7.38. The second-order valence-electron chi connectivity index (χ2n) is 8.95. The molecule has 0 spiro atoms. The molecule has 1 aromatic carbocycles. The number of benzene rings is 1. The summed E-state index contributed by atoms with van der Waals surface area (Å²) < 4.78 is 5.49. The molecule has 1 unspecified atom stereocenters. The van der Waals surface area contributed by atoms with Gasteiger partial charge >= 0.3 is 0 Å². The Kier molecular flexibility index (Phi) is 4.84. The predicted octanol–water partition coefficient (Wildman–Crippen LogP) is 1.06. The zero-order valence-electron chi connectivity index (χ0n) is 16.9. The van der Waals surface area contributed by atoms with E-state index in [0.29, 0.717) is 0 Å². The normalized spacial score (nSPS) is 29.7. The number of amides is 2. The fraction of sp³-hybridized carbons (Fsp3) is 0.636. The summed E-state index contributed by atoms with van der Waals surface area (Å²) >= 11 is 0. The summed E-state index contributed by atoms with van der Waals surface area (Å²) in [5.74, 6) is -0.444. The highest BCUT2D eigenvalue weighted by molar-refractivity contribution is 6.06. The molecule has 4 fully saturated rings. The van der Waals surface area contributed by atoms with Gasteiger partial charge in [-0.25, -0.2) is 0 Å². The lowest BCUT2D eigenvalue weighted by Gasteiger charge is -2.46. The van der Waals surface area contributed by atoms with Crippen molar-refractivity contribution in [2.45, 2.75) is 49.7 Å². The van der Waals surface area contributed by atoms with Crippen molar-refractivity contribution in [1.82, 2.24) is 9.80 Å². The van der Waals surface area contributed by atoms with Crippen LogP contribution in [0.1, 0.15) is 37.7 Å². The Morgan fingerprint density at radius 3 is 2.45 bits per heavy atom. The molecule has 2 amide bonds. The number of ether oxygens (including phenoxy) is 1. The molecule has 1 aromatic rings. The van der Waals surface area contributed by atoms with Crippen molar-refractivity contribution in [3.05, 3.63) is 29.8 Å². The molecule has 0 radical (unpaired) electrons. The van der Waals surface area contributed by atoms with E-state index in [9.17, 15) is 9.59 Å². The van der Waals surface area contributed by atoms with Gasteiger partial charge in [0.1, 0.15) is 0 Å². The van der Waals surface area contributed by atoms with Crippen LogP contribution in [-0.4, -0.2) is 73.2 Å². The number of carbonyl (C=O) groups excluding carboxylic acids is 2. The van der Waals surface area contributed by atoms with Crippen molar-refractivity contribution >= 4 is 17.5 Å². The first-order valence-corrected chi connectivity index (χ1v) is 10.9. The number of morpholine rings is 1. The van der Waals surface area contributed by atoms with Crippen LogP contribution >= 0.6 is 0 Å². The first-order chi connectivity index (χ1) is 14.1. The van der Waals surface area contributed by atoms with E-state index in [1.54, 1.807) is 4.90 Å². The smallest absolute Gasteiger partial charge is 0.255 e. The molecule has 0 bridgehead atoms. The van der Waals surface area contributed by atoms with E-state index in [4.69, 9.17) is 10.5 Å². The minimum Gasteiger partial charge on any atom is -0.379 e. The van der Waals surface area contributed by atoms with Crippen LogP contribution in [0.4, 0.5) is 5.69 Å². The molecule has 156 valence electrons. The first kappa shape index (κ1) is 19.0. The van der Waals surface area contributed by atoms with Crippen LogP contribution in [0.25, 0.3) is 0 Å². The molecule has 7 nitrogen and oxygen atoms in total. The Bertz CT molecular complexity index is 786. The number of nitrogens with zero attached hydrogens (tertiary/aromatic N) is 3. The molecule has 7 heteroatoms. The average molecular weight is 399 g/mol. The van der Waals surface area contributed by atoms with Crippen molar-refractivity contribution in [3.8, 4) is 0 Å². The van der Waals surface area contributed by atoms with Crippen molar-refractivity contribution in [2.24, 2.45) is 5.73 Å². The predicted molar refractivity (Wildman–Crippen MR) is 109 cm³/mol. The second-order valence-corrected chi connectivity index (χ2v) is 8.95. The molecule has 3 heterocycles. The van der Waals surface area contributed by atoms with E-state index in [1.165, 1.54) is 24.8 Å². The third-order valence-corrected chi connectivity index (χ3v) is 7.33. The Morgan fingerprint density at radius 2 is 1.83 bits per heavy atom. The van der Waals surface area contributed by atoms with Gasteiger partial charge in [0.15, 0.2) is 6.17 Å². The van der Waals surface area contributed by atoms with Gasteiger partial charge in [-0.1, -0.05) is 18.6 Å². The molecule has 4 aliphatic rings. The molecular weight excluding hydrogens is 368 g/mol. The van der Waals surface area contributed by atoms with Crippen molar-refractivity contribution in [2.75, 3.05) is 44.3 Å². The van der Waals surface area contributed by atoms with E-state index in [2.05, 4.69) is 17.0 Å². The third-order valence-electron chi connectivity index (χ3n) is 7.33. The molecule has 1 saturated carbocycles. The van der Waals surface area contributed by atoms with E-state index in [1.807, 2.05) is 17.0 Å². The van der Waals surface area contributed by atoms with Gasteiger partial charge in [0.25, 0.3) is 5.91 Å². The van der Waals surface area contributed by atoms with Gasteiger partial charge in [-0.05, 0) is 43.4 Å². The number of primary amides is 1. The lowest BCUT2D eigenvalue weighted by Crippen LogP contribution is -2.49. The van der Waals surface area contributed by atoms with Gasteiger partial charge in [-0.15, -0.1) is 0 Å². The summed E-state index contributed by atoms with van der Waals surface area (Å²) in [7, 11) is 0.